The molecule has 1 aliphatic rings. The van der Waals surface area contributed by atoms with Crippen LogP contribution >= 0.6 is 0 Å². The van der Waals surface area contributed by atoms with Gasteiger partial charge in [0.25, 0.3) is 5.69 Å². The number of benzene rings is 1. The van der Waals surface area contributed by atoms with Gasteiger partial charge in [0.15, 0.2) is 0 Å². The molecule has 0 radical (unpaired) electrons. The predicted octanol–water partition coefficient (Wildman–Crippen LogP) is 2.54. The van der Waals surface area contributed by atoms with Crippen LogP contribution in [-0.4, -0.2) is 16.0 Å². The van der Waals surface area contributed by atoms with Crippen molar-refractivity contribution < 1.29 is 14.8 Å². The third-order valence-electron chi connectivity index (χ3n) is 3.75. The summed E-state index contributed by atoms with van der Waals surface area (Å²) in [5.74, 6) is -1.69. The number of nitrogens with two attached hydrogens (primary N) is 1. The second-order valence-electron chi connectivity index (χ2n) is 4.93. The lowest BCUT2D eigenvalue weighted by atomic mass is 9.84. The van der Waals surface area contributed by atoms with E-state index in [0.717, 1.165) is 25.7 Å². The molecule has 1 atom stereocenters. The molecule has 0 amide bonds. The molecule has 0 saturated heterocycles. The van der Waals surface area contributed by atoms with Gasteiger partial charge in [-0.1, -0.05) is 12.8 Å². The zero-order valence-electron chi connectivity index (χ0n) is 10.4. The molecule has 0 aliphatic heterocycles. The molecule has 1 saturated carbocycles. The van der Waals surface area contributed by atoms with E-state index in [1.807, 2.05) is 0 Å². The lowest BCUT2D eigenvalue weighted by Gasteiger charge is -2.20. The van der Waals surface area contributed by atoms with Gasteiger partial charge in [0.1, 0.15) is 0 Å². The topological polar surface area (TPSA) is 106 Å². The van der Waals surface area contributed by atoms with Crippen molar-refractivity contribution in [1.29, 1.82) is 0 Å². The number of nitro groups is 1. The van der Waals surface area contributed by atoms with Crippen LogP contribution in [0.4, 0.5) is 11.4 Å². The number of carboxylic acids is 1. The van der Waals surface area contributed by atoms with E-state index in [-0.39, 0.29) is 11.6 Å². The molecule has 19 heavy (non-hydrogen) atoms. The zero-order chi connectivity index (χ0) is 14.0. The molecule has 3 N–H and O–H groups in total. The van der Waals surface area contributed by atoms with E-state index in [9.17, 15) is 20.0 Å². The summed E-state index contributed by atoms with van der Waals surface area (Å²) >= 11 is 0. The van der Waals surface area contributed by atoms with Crippen molar-refractivity contribution in [3.63, 3.8) is 0 Å². The first kappa shape index (κ1) is 13.3. The summed E-state index contributed by atoms with van der Waals surface area (Å²) in [6.07, 6.45) is 3.67. The van der Waals surface area contributed by atoms with E-state index in [1.165, 1.54) is 18.2 Å². The number of non-ortho nitro benzene ring substituents is 1. The fourth-order valence-corrected chi connectivity index (χ4v) is 2.82. The van der Waals surface area contributed by atoms with Gasteiger partial charge in [0, 0.05) is 17.8 Å². The number of carbonyl (C=O) groups is 1. The maximum absolute atomic E-state index is 11.5. The Bertz CT molecular complexity index is 509. The number of anilines is 1. The molecule has 0 aromatic heterocycles. The van der Waals surface area contributed by atoms with Crippen LogP contribution in [0.25, 0.3) is 0 Å². The summed E-state index contributed by atoms with van der Waals surface area (Å²) in [7, 11) is 0. The van der Waals surface area contributed by atoms with Crippen molar-refractivity contribution in [2.45, 2.75) is 31.6 Å². The van der Waals surface area contributed by atoms with Crippen molar-refractivity contribution in [3.05, 3.63) is 33.9 Å². The number of rotatable bonds is 4. The van der Waals surface area contributed by atoms with E-state index in [0.29, 0.717) is 11.3 Å². The second kappa shape index (κ2) is 5.26. The maximum atomic E-state index is 11.5. The number of hydrogen-bond donors (Lipinski definition) is 2. The molecular weight excluding hydrogens is 248 g/mol. The highest BCUT2D eigenvalue weighted by Gasteiger charge is 2.34. The van der Waals surface area contributed by atoms with Gasteiger partial charge >= 0.3 is 5.97 Å². The molecule has 6 nitrogen and oxygen atoms in total. The first-order valence-electron chi connectivity index (χ1n) is 6.27. The first-order valence-corrected chi connectivity index (χ1v) is 6.27. The Morgan fingerprint density at radius 1 is 1.42 bits per heavy atom. The summed E-state index contributed by atoms with van der Waals surface area (Å²) in [6, 6.07) is 4.01. The zero-order valence-corrected chi connectivity index (χ0v) is 10.4. The minimum absolute atomic E-state index is 0.0156. The Kier molecular flexibility index (Phi) is 3.69. The molecule has 2 rings (SSSR count). The van der Waals surface area contributed by atoms with Crippen LogP contribution < -0.4 is 5.73 Å². The summed E-state index contributed by atoms with van der Waals surface area (Å²) < 4.78 is 0. The Morgan fingerprint density at radius 2 is 2.05 bits per heavy atom. The fraction of sp³-hybridized carbons (Fsp3) is 0.462. The highest BCUT2D eigenvalue weighted by molar-refractivity contribution is 5.79. The molecule has 102 valence electrons. The van der Waals surface area contributed by atoms with E-state index < -0.39 is 16.8 Å². The molecule has 0 heterocycles. The van der Waals surface area contributed by atoms with Crippen LogP contribution in [0.3, 0.4) is 0 Å². The molecule has 0 bridgehead atoms. The van der Waals surface area contributed by atoms with Crippen molar-refractivity contribution in [3.8, 4) is 0 Å². The van der Waals surface area contributed by atoms with Crippen LogP contribution in [0.15, 0.2) is 18.2 Å². The first-order chi connectivity index (χ1) is 9.00. The van der Waals surface area contributed by atoms with Gasteiger partial charge in [-0.15, -0.1) is 0 Å². The Balaban J connectivity index is 2.43. The van der Waals surface area contributed by atoms with Crippen molar-refractivity contribution in [2.24, 2.45) is 5.92 Å². The van der Waals surface area contributed by atoms with E-state index in [4.69, 9.17) is 5.73 Å². The molecule has 1 fully saturated rings. The van der Waals surface area contributed by atoms with Gasteiger partial charge in [0.05, 0.1) is 10.8 Å². The van der Waals surface area contributed by atoms with Gasteiger partial charge < -0.3 is 10.8 Å². The van der Waals surface area contributed by atoms with Crippen LogP contribution in [0.2, 0.25) is 0 Å². The van der Waals surface area contributed by atoms with Crippen molar-refractivity contribution >= 4 is 17.3 Å². The summed E-state index contributed by atoms with van der Waals surface area (Å²) in [5.41, 5.74) is 6.37. The summed E-state index contributed by atoms with van der Waals surface area (Å²) in [4.78, 5) is 21.8. The third-order valence-corrected chi connectivity index (χ3v) is 3.75. The SMILES string of the molecule is Nc1ccc([N+](=O)[O-])cc1C(C(=O)O)C1CCCC1. The average Bonchev–Trinajstić information content (AvgIpc) is 2.84. The van der Waals surface area contributed by atoms with E-state index >= 15 is 0 Å². The van der Waals surface area contributed by atoms with Crippen LogP contribution in [0.1, 0.15) is 37.2 Å². The van der Waals surface area contributed by atoms with Crippen LogP contribution in [0, 0.1) is 16.0 Å². The van der Waals surface area contributed by atoms with E-state index in [1.54, 1.807) is 0 Å². The van der Waals surface area contributed by atoms with E-state index in [2.05, 4.69) is 0 Å². The normalized spacial score (nSPS) is 17.3. The molecule has 6 heteroatoms. The number of nitro benzene ring substituents is 1. The average molecular weight is 264 g/mol. The van der Waals surface area contributed by atoms with Crippen LogP contribution in [0.5, 0.6) is 0 Å². The van der Waals surface area contributed by atoms with Gasteiger partial charge in [0.2, 0.25) is 0 Å². The highest BCUT2D eigenvalue weighted by atomic mass is 16.6. The Hall–Kier alpha value is -2.11. The van der Waals surface area contributed by atoms with Crippen LogP contribution in [-0.2, 0) is 4.79 Å². The smallest absolute Gasteiger partial charge is 0.311 e. The summed E-state index contributed by atoms with van der Waals surface area (Å²) in [5, 5.41) is 20.2. The highest BCUT2D eigenvalue weighted by Crippen LogP contribution is 2.40. The largest absolute Gasteiger partial charge is 0.481 e. The predicted molar refractivity (Wildman–Crippen MR) is 69.8 cm³/mol. The molecule has 1 aromatic rings. The number of carboxylic acid groups (broad SMARTS) is 1. The second-order valence-corrected chi connectivity index (χ2v) is 4.93. The minimum Gasteiger partial charge on any atom is -0.481 e. The lowest BCUT2D eigenvalue weighted by molar-refractivity contribution is -0.384. The quantitative estimate of drug-likeness (QED) is 0.493. The minimum atomic E-state index is -0.959. The van der Waals surface area contributed by atoms with Crippen molar-refractivity contribution in [2.75, 3.05) is 5.73 Å². The monoisotopic (exact) mass is 264 g/mol. The third kappa shape index (κ3) is 2.67. The molecule has 1 aliphatic carbocycles. The van der Waals surface area contributed by atoms with Gasteiger partial charge in [-0.25, -0.2) is 0 Å². The fourth-order valence-electron chi connectivity index (χ4n) is 2.82. The van der Waals surface area contributed by atoms with Gasteiger partial charge in [-0.3, -0.25) is 14.9 Å². The Labute approximate surface area is 110 Å². The molecule has 1 unspecified atom stereocenters. The molecule has 1 aromatic carbocycles. The van der Waals surface area contributed by atoms with Gasteiger partial charge in [-0.2, -0.15) is 0 Å². The number of nitrogen functional groups attached to an aromatic ring is 1. The Morgan fingerprint density at radius 3 is 2.58 bits per heavy atom. The van der Waals surface area contributed by atoms with Gasteiger partial charge in [-0.05, 0) is 30.4 Å². The number of aliphatic carboxylic acids is 1. The standard InChI is InChI=1S/C13H16N2O4/c14-11-6-5-9(15(18)19)7-10(11)12(13(16)17)8-3-1-2-4-8/h5-8,12H,1-4,14H2,(H,16,17). The lowest BCUT2D eigenvalue weighted by Crippen LogP contribution is -2.21. The molecular formula is C13H16N2O4. The number of hydrogen-bond acceptors (Lipinski definition) is 4. The maximum Gasteiger partial charge on any atom is 0.311 e. The molecule has 0 spiro atoms. The number of nitrogens with zero attached hydrogens (tertiary/aromatic N) is 1. The summed E-state index contributed by atoms with van der Waals surface area (Å²) in [6.45, 7) is 0. The van der Waals surface area contributed by atoms with Crippen molar-refractivity contribution in [1.82, 2.24) is 0 Å².